The van der Waals surface area contributed by atoms with Gasteiger partial charge >= 0.3 is 0 Å². The highest BCUT2D eigenvalue weighted by Crippen LogP contribution is 2.27. The summed E-state index contributed by atoms with van der Waals surface area (Å²) < 4.78 is 13.4. The number of likely N-dealkylation sites (tertiary alicyclic amines) is 1. The summed E-state index contributed by atoms with van der Waals surface area (Å²) in [6.07, 6.45) is 0. The van der Waals surface area contributed by atoms with E-state index in [4.69, 9.17) is 0 Å². The van der Waals surface area contributed by atoms with Gasteiger partial charge in [-0.25, -0.2) is 4.39 Å². The minimum atomic E-state index is -0.675. The van der Waals surface area contributed by atoms with Crippen LogP contribution in [0.1, 0.15) is 19.4 Å². The summed E-state index contributed by atoms with van der Waals surface area (Å²) in [5, 5.41) is 12.8. The Balaban J connectivity index is 1.74. The molecule has 1 aromatic carbocycles. The molecule has 0 spiro atoms. The highest BCUT2D eigenvalue weighted by atomic mass is 19.1. The lowest BCUT2D eigenvalue weighted by molar-refractivity contribution is -0.142. The molecule has 1 aromatic rings. The van der Waals surface area contributed by atoms with Gasteiger partial charge in [0.15, 0.2) is 0 Å². The minimum absolute atomic E-state index is 0.154. The van der Waals surface area contributed by atoms with Crippen molar-refractivity contribution in [2.75, 3.05) is 19.6 Å². The van der Waals surface area contributed by atoms with Gasteiger partial charge in [-0.1, -0.05) is 32.0 Å². The first-order valence-corrected chi connectivity index (χ1v) is 6.85. The summed E-state index contributed by atoms with van der Waals surface area (Å²) in [5.41, 5.74) is -0.200. The average Bonchev–Trinajstić information content (AvgIpc) is 2.35. The van der Waals surface area contributed by atoms with E-state index in [1.807, 2.05) is 18.7 Å². The monoisotopic (exact) mass is 280 g/mol. The molecule has 1 fully saturated rings. The van der Waals surface area contributed by atoms with E-state index in [0.29, 0.717) is 18.7 Å². The Morgan fingerprint density at radius 2 is 2.10 bits per heavy atom. The number of β-amino-alcohol motifs (C(OH)–C–C–N with tert-alkyl or cyclic N) is 1. The molecule has 0 aromatic heterocycles. The number of rotatable bonds is 5. The number of benzene rings is 1. The molecule has 2 rings (SSSR count). The van der Waals surface area contributed by atoms with Crippen molar-refractivity contribution in [3.8, 4) is 0 Å². The summed E-state index contributed by atoms with van der Waals surface area (Å²) in [6.45, 7) is 5.39. The van der Waals surface area contributed by atoms with E-state index in [1.54, 1.807) is 18.2 Å². The number of halogens is 1. The molecule has 0 aliphatic carbocycles. The summed E-state index contributed by atoms with van der Waals surface area (Å²) >= 11 is 0. The molecule has 0 unspecified atom stereocenters. The van der Waals surface area contributed by atoms with Gasteiger partial charge in [0.05, 0.1) is 12.1 Å². The molecule has 20 heavy (non-hydrogen) atoms. The van der Waals surface area contributed by atoms with Crippen LogP contribution in [0.15, 0.2) is 24.3 Å². The molecule has 4 nitrogen and oxygen atoms in total. The number of nitrogens with zero attached hydrogens (tertiary/aromatic N) is 1. The molecule has 110 valence electrons. The largest absolute Gasteiger partial charge is 0.387 e. The van der Waals surface area contributed by atoms with Crippen molar-refractivity contribution in [1.82, 2.24) is 10.2 Å². The van der Waals surface area contributed by atoms with Crippen molar-refractivity contribution in [3.63, 3.8) is 0 Å². The van der Waals surface area contributed by atoms with Crippen molar-refractivity contribution in [3.05, 3.63) is 35.6 Å². The van der Waals surface area contributed by atoms with Gasteiger partial charge in [0.1, 0.15) is 5.82 Å². The molecule has 1 saturated heterocycles. The maximum absolute atomic E-state index is 13.4. The fourth-order valence-corrected chi connectivity index (χ4v) is 2.30. The lowest BCUT2D eigenvalue weighted by atomic mass is 9.83. The van der Waals surface area contributed by atoms with E-state index in [0.717, 1.165) is 0 Å². The van der Waals surface area contributed by atoms with Crippen LogP contribution in [-0.4, -0.2) is 41.1 Å². The number of carbonyl (C=O) groups excluding carboxylic acids is 1. The van der Waals surface area contributed by atoms with Crippen LogP contribution in [0.5, 0.6) is 0 Å². The maximum atomic E-state index is 13.4. The number of aliphatic hydroxyl groups is 1. The molecular formula is C15H21FN2O2. The van der Waals surface area contributed by atoms with Crippen molar-refractivity contribution < 1.29 is 14.3 Å². The van der Waals surface area contributed by atoms with Crippen molar-refractivity contribution >= 4 is 5.91 Å². The standard InChI is InChI=1S/C15H21FN2O2/c1-11(2)15(20)9-18(10-15)8-14(19)17-7-12-5-3-4-6-13(12)16/h3-6,11,20H,7-10H2,1-2H3,(H,17,19). The van der Waals surface area contributed by atoms with Crippen LogP contribution in [-0.2, 0) is 11.3 Å². The maximum Gasteiger partial charge on any atom is 0.234 e. The Labute approximate surface area is 118 Å². The highest BCUT2D eigenvalue weighted by molar-refractivity contribution is 5.78. The second kappa shape index (κ2) is 5.89. The van der Waals surface area contributed by atoms with Gasteiger partial charge in [0.2, 0.25) is 5.91 Å². The van der Waals surface area contributed by atoms with Crippen molar-refractivity contribution in [2.45, 2.75) is 26.0 Å². The normalized spacial score (nSPS) is 17.9. The number of hydrogen-bond acceptors (Lipinski definition) is 3. The molecule has 2 N–H and O–H groups in total. The van der Waals surface area contributed by atoms with Gasteiger partial charge in [0.25, 0.3) is 0 Å². The molecule has 1 aliphatic rings. The Bertz CT molecular complexity index is 485. The highest BCUT2D eigenvalue weighted by Gasteiger charge is 2.43. The van der Waals surface area contributed by atoms with Crippen LogP contribution in [0, 0.1) is 11.7 Å². The first-order chi connectivity index (χ1) is 9.40. The summed E-state index contributed by atoms with van der Waals surface area (Å²) in [6, 6.07) is 6.38. The number of nitrogens with one attached hydrogen (secondary N) is 1. The van der Waals surface area contributed by atoms with Gasteiger partial charge < -0.3 is 10.4 Å². The van der Waals surface area contributed by atoms with E-state index >= 15 is 0 Å². The smallest absolute Gasteiger partial charge is 0.234 e. The number of carbonyl (C=O) groups is 1. The molecule has 5 heteroatoms. The third-order valence-corrected chi connectivity index (χ3v) is 3.87. The predicted molar refractivity (Wildman–Crippen MR) is 74.5 cm³/mol. The summed E-state index contributed by atoms with van der Waals surface area (Å²) in [5.74, 6) is -0.287. The second-order valence-electron chi connectivity index (χ2n) is 5.77. The van der Waals surface area contributed by atoms with Crippen LogP contribution in [0.3, 0.4) is 0 Å². The van der Waals surface area contributed by atoms with E-state index in [9.17, 15) is 14.3 Å². The third kappa shape index (κ3) is 3.35. The summed E-state index contributed by atoms with van der Waals surface area (Å²) in [7, 11) is 0. The van der Waals surface area contributed by atoms with Gasteiger partial charge in [-0.2, -0.15) is 0 Å². The molecule has 1 amide bonds. The molecule has 1 heterocycles. The molecule has 0 radical (unpaired) electrons. The van der Waals surface area contributed by atoms with Gasteiger partial charge in [-0.05, 0) is 12.0 Å². The number of amides is 1. The van der Waals surface area contributed by atoms with E-state index in [1.165, 1.54) is 6.07 Å². The molecule has 1 aliphatic heterocycles. The Morgan fingerprint density at radius 1 is 1.45 bits per heavy atom. The Hall–Kier alpha value is -1.46. The van der Waals surface area contributed by atoms with Crippen molar-refractivity contribution in [2.24, 2.45) is 5.92 Å². The minimum Gasteiger partial charge on any atom is -0.387 e. The zero-order valence-electron chi connectivity index (χ0n) is 11.9. The number of hydrogen-bond donors (Lipinski definition) is 2. The molecule has 0 atom stereocenters. The first kappa shape index (κ1) is 14.9. The fourth-order valence-electron chi connectivity index (χ4n) is 2.30. The lowest BCUT2D eigenvalue weighted by Crippen LogP contribution is -2.65. The van der Waals surface area contributed by atoms with Crippen LogP contribution in [0.2, 0.25) is 0 Å². The quantitative estimate of drug-likeness (QED) is 0.850. The molecule has 0 bridgehead atoms. The SMILES string of the molecule is CC(C)C1(O)CN(CC(=O)NCc2ccccc2F)C1. The van der Waals surface area contributed by atoms with E-state index < -0.39 is 5.60 Å². The molecular weight excluding hydrogens is 259 g/mol. The van der Waals surface area contributed by atoms with Crippen LogP contribution < -0.4 is 5.32 Å². The van der Waals surface area contributed by atoms with Crippen molar-refractivity contribution in [1.29, 1.82) is 0 Å². The van der Waals surface area contributed by atoms with Crippen LogP contribution in [0.25, 0.3) is 0 Å². The van der Waals surface area contributed by atoms with Gasteiger partial charge in [-0.15, -0.1) is 0 Å². The second-order valence-corrected chi connectivity index (χ2v) is 5.77. The lowest BCUT2D eigenvalue weighted by Gasteiger charge is -2.48. The van der Waals surface area contributed by atoms with Crippen LogP contribution in [0.4, 0.5) is 4.39 Å². The predicted octanol–water partition coefficient (Wildman–Crippen LogP) is 1.14. The zero-order valence-corrected chi connectivity index (χ0v) is 11.9. The van der Waals surface area contributed by atoms with Gasteiger partial charge in [-0.3, -0.25) is 9.69 Å². The van der Waals surface area contributed by atoms with E-state index in [2.05, 4.69) is 5.32 Å². The topological polar surface area (TPSA) is 52.6 Å². The average molecular weight is 280 g/mol. The first-order valence-electron chi connectivity index (χ1n) is 6.85. The Morgan fingerprint density at radius 3 is 2.70 bits per heavy atom. The zero-order chi connectivity index (χ0) is 14.8. The third-order valence-electron chi connectivity index (χ3n) is 3.87. The molecule has 0 saturated carbocycles. The van der Waals surface area contributed by atoms with Crippen LogP contribution >= 0.6 is 0 Å². The fraction of sp³-hybridized carbons (Fsp3) is 0.533. The Kier molecular flexibility index (Phi) is 4.40. The van der Waals surface area contributed by atoms with E-state index in [-0.39, 0.29) is 30.7 Å². The summed E-state index contributed by atoms with van der Waals surface area (Å²) in [4.78, 5) is 13.6. The van der Waals surface area contributed by atoms with Gasteiger partial charge in [0, 0.05) is 25.2 Å².